The Morgan fingerprint density at radius 2 is 1.29 bits per heavy atom. The van der Waals surface area contributed by atoms with Gasteiger partial charge in [0, 0.05) is 17.6 Å². The maximum atomic E-state index is 13.1. The number of imide groups is 1. The number of fused-ring (bicyclic) bond motifs is 2. The number of amides is 2. The number of carbonyl (C=O) groups excluding carboxylic acids is 2. The second-order valence-corrected chi connectivity index (χ2v) is 7.01. The fourth-order valence-corrected chi connectivity index (χ4v) is 4.06. The third kappa shape index (κ3) is 2.31. The van der Waals surface area contributed by atoms with Gasteiger partial charge in [0.05, 0.1) is 22.3 Å². The lowest BCUT2D eigenvalue weighted by atomic mass is 10.1. The predicted octanol–water partition coefficient (Wildman–Crippen LogP) is 4.80. The van der Waals surface area contributed by atoms with Crippen molar-refractivity contribution in [2.75, 3.05) is 4.90 Å². The SMILES string of the molecule is Cc1c(N2C(=O)c3ccccc3C2=O)c2ccccc2n1Cc1ccccc1. The Morgan fingerprint density at radius 1 is 0.714 bits per heavy atom. The van der Waals surface area contributed by atoms with Gasteiger partial charge in [-0.2, -0.15) is 0 Å². The Morgan fingerprint density at radius 3 is 1.96 bits per heavy atom. The van der Waals surface area contributed by atoms with Crippen LogP contribution in [0.15, 0.2) is 78.9 Å². The van der Waals surface area contributed by atoms with Crippen molar-refractivity contribution >= 4 is 28.4 Å². The largest absolute Gasteiger partial charge is 0.338 e. The fourth-order valence-electron chi connectivity index (χ4n) is 4.06. The summed E-state index contributed by atoms with van der Waals surface area (Å²) >= 11 is 0. The number of anilines is 1. The first-order valence-corrected chi connectivity index (χ1v) is 9.26. The van der Waals surface area contributed by atoms with Crippen molar-refractivity contribution in [1.82, 2.24) is 4.57 Å². The van der Waals surface area contributed by atoms with Gasteiger partial charge in [-0.25, -0.2) is 4.90 Å². The lowest BCUT2D eigenvalue weighted by Gasteiger charge is -2.15. The number of aromatic nitrogens is 1. The van der Waals surface area contributed by atoms with E-state index in [-0.39, 0.29) is 11.8 Å². The zero-order valence-electron chi connectivity index (χ0n) is 15.4. The van der Waals surface area contributed by atoms with Crippen molar-refractivity contribution in [3.8, 4) is 0 Å². The highest BCUT2D eigenvalue weighted by atomic mass is 16.2. The minimum Gasteiger partial charge on any atom is -0.338 e. The molecule has 0 fully saturated rings. The van der Waals surface area contributed by atoms with Crippen molar-refractivity contribution in [2.24, 2.45) is 0 Å². The molecule has 1 aliphatic heterocycles. The quantitative estimate of drug-likeness (QED) is 0.489. The number of hydrogen-bond donors (Lipinski definition) is 0. The number of nitrogens with zero attached hydrogens (tertiary/aromatic N) is 2. The van der Waals surface area contributed by atoms with Gasteiger partial charge in [0.15, 0.2) is 0 Å². The van der Waals surface area contributed by atoms with Crippen LogP contribution in [0.5, 0.6) is 0 Å². The summed E-state index contributed by atoms with van der Waals surface area (Å²) in [4.78, 5) is 27.5. The topological polar surface area (TPSA) is 42.3 Å². The summed E-state index contributed by atoms with van der Waals surface area (Å²) in [6.07, 6.45) is 0. The molecule has 1 aromatic heterocycles. The first kappa shape index (κ1) is 16.5. The van der Waals surface area contributed by atoms with Crippen molar-refractivity contribution in [3.05, 3.63) is 101 Å². The lowest BCUT2D eigenvalue weighted by Crippen LogP contribution is -2.30. The standard InChI is InChI=1S/C24H18N2O2/c1-16-22(26-23(27)18-11-5-6-12-19(18)24(26)28)20-13-7-8-14-21(20)25(16)15-17-9-3-2-4-10-17/h2-14H,15H2,1H3. The molecule has 0 unspecified atom stereocenters. The number of benzene rings is 3. The molecule has 0 spiro atoms. The van der Waals surface area contributed by atoms with E-state index in [1.54, 1.807) is 24.3 Å². The van der Waals surface area contributed by atoms with Crippen LogP contribution >= 0.6 is 0 Å². The molecular formula is C24H18N2O2. The van der Waals surface area contributed by atoms with Crippen molar-refractivity contribution in [2.45, 2.75) is 13.5 Å². The normalized spacial score (nSPS) is 13.4. The summed E-state index contributed by atoms with van der Waals surface area (Å²) in [5.74, 6) is -0.516. The zero-order valence-corrected chi connectivity index (χ0v) is 15.4. The Bertz CT molecular complexity index is 1200. The number of rotatable bonds is 3. The maximum absolute atomic E-state index is 13.1. The molecule has 0 N–H and O–H groups in total. The highest BCUT2D eigenvalue weighted by Gasteiger charge is 2.38. The van der Waals surface area contributed by atoms with E-state index < -0.39 is 0 Å². The van der Waals surface area contributed by atoms with Gasteiger partial charge in [-0.1, -0.05) is 60.7 Å². The van der Waals surface area contributed by atoms with E-state index in [1.807, 2.05) is 49.4 Å². The Hall–Kier alpha value is -3.66. The summed E-state index contributed by atoms with van der Waals surface area (Å²) in [6, 6.07) is 25.1. The predicted molar refractivity (Wildman–Crippen MR) is 110 cm³/mol. The molecule has 0 aliphatic carbocycles. The smallest absolute Gasteiger partial charge is 0.266 e. The number of para-hydroxylation sites is 1. The zero-order chi connectivity index (χ0) is 19.3. The summed E-state index contributed by atoms with van der Waals surface area (Å²) in [5.41, 5.74) is 4.69. The maximum Gasteiger partial charge on any atom is 0.266 e. The Labute approximate surface area is 162 Å². The third-order valence-electron chi connectivity index (χ3n) is 5.40. The summed E-state index contributed by atoms with van der Waals surface area (Å²) < 4.78 is 2.17. The van der Waals surface area contributed by atoms with Crippen LogP contribution in [0.4, 0.5) is 5.69 Å². The van der Waals surface area contributed by atoms with E-state index in [2.05, 4.69) is 16.7 Å². The van der Waals surface area contributed by atoms with Gasteiger partial charge in [-0.05, 0) is 30.7 Å². The van der Waals surface area contributed by atoms with Crippen LogP contribution in [0.2, 0.25) is 0 Å². The van der Waals surface area contributed by atoms with Gasteiger partial charge in [-0.3, -0.25) is 9.59 Å². The molecule has 28 heavy (non-hydrogen) atoms. The van der Waals surface area contributed by atoms with E-state index in [1.165, 1.54) is 10.5 Å². The van der Waals surface area contributed by atoms with Gasteiger partial charge >= 0.3 is 0 Å². The summed E-state index contributed by atoms with van der Waals surface area (Å²) in [7, 11) is 0. The van der Waals surface area contributed by atoms with Crippen LogP contribution < -0.4 is 4.90 Å². The number of hydrogen-bond acceptors (Lipinski definition) is 2. The van der Waals surface area contributed by atoms with E-state index in [0.717, 1.165) is 16.6 Å². The third-order valence-corrected chi connectivity index (χ3v) is 5.40. The Balaban J connectivity index is 1.70. The second kappa shape index (κ2) is 6.20. The number of carbonyl (C=O) groups is 2. The highest BCUT2D eigenvalue weighted by Crippen LogP contribution is 2.38. The monoisotopic (exact) mass is 366 g/mol. The fraction of sp³-hybridized carbons (Fsp3) is 0.0833. The minimum atomic E-state index is -0.258. The average Bonchev–Trinajstić information content (AvgIpc) is 3.14. The molecule has 0 bridgehead atoms. The highest BCUT2D eigenvalue weighted by molar-refractivity contribution is 6.36. The molecule has 2 amide bonds. The van der Waals surface area contributed by atoms with Gasteiger partial charge < -0.3 is 4.57 Å². The molecule has 4 aromatic rings. The molecule has 5 rings (SSSR count). The minimum absolute atomic E-state index is 0.258. The van der Waals surface area contributed by atoms with Crippen molar-refractivity contribution in [1.29, 1.82) is 0 Å². The van der Waals surface area contributed by atoms with Gasteiger partial charge in [0.25, 0.3) is 11.8 Å². The first-order chi connectivity index (χ1) is 13.7. The molecule has 0 radical (unpaired) electrons. The lowest BCUT2D eigenvalue weighted by molar-refractivity contribution is 0.0926. The van der Waals surface area contributed by atoms with Gasteiger partial charge in [0.2, 0.25) is 0 Å². The molecule has 2 heterocycles. The van der Waals surface area contributed by atoms with E-state index in [0.29, 0.717) is 23.4 Å². The molecular weight excluding hydrogens is 348 g/mol. The van der Waals surface area contributed by atoms with Gasteiger partial charge in [0.1, 0.15) is 0 Å². The first-order valence-electron chi connectivity index (χ1n) is 9.26. The molecule has 0 saturated heterocycles. The molecule has 3 aromatic carbocycles. The van der Waals surface area contributed by atoms with Crippen LogP contribution in [0, 0.1) is 6.92 Å². The van der Waals surface area contributed by atoms with Crippen LogP contribution in [-0.4, -0.2) is 16.4 Å². The molecule has 1 aliphatic rings. The van der Waals surface area contributed by atoms with Crippen molar-refractivity contribution in [3.63, 3.8) is 0 Å². The van der Waals surface area contributed by atoms with Crippen LogP contribution in [0.25, 0.3) is 10.9 Å². The van der Waals surface area contributed by atoms with E-state index in [4.69, 9.17) is 0 Å². The molecule has 136 valence electrons. The molecule has 4 nitrogen and oxygen atoms in total. The molecule has 0 saturated carbocycles. The van der Waals surface area contributed by atoms with Crippen LogP contribution in [0.3, 0.4) is 0 Å². The Kier molecular flexibility index (Phi) is 3.66. The van der Waals surface area contributed by atoms with Crippen molar-refractivity contribution < 1.29 is 9.59 Å². The summed E-state index contributed by atoms with van der Waals surface area (Å²) in [6.45, 7) is 2.65. The molecule has 0 atom stereocenters. The summed E-state index contributed by atoms with van der Waals surface area (Å²) in [5, 5.41) is 0.908. The molecule has 4 heteroatoms. The van der Waals surface area contributed by atoms with Crippen LogP contribution in [0.1, 0.15) is 32.0 Å². The second-order valence-electron chi connectivity index (χ2n) is 7.01. The average molecular weight is 366 g/mol. The van der Waals surface area contributed by atoms with Gasteiger partial charge in [-0.15, -0.1) is 0 Å². The van der Waals surface area contributed by atoms with Crippen LogP contribution in [-0.2, 0) is 6.54 Å². The van der Waals surface area contributed by atoms with E-state index >= 15 is 0 Å². The van der Waals surface area contributed by atoms with E-state index in [9.17, 15) is 9.59 Å².